The van der Waals surface area contributed by atoms with Gasteiger partial charge in [-0.1, -0.05) is 88.4 Å². The molecule has 6 rings (SSSR count). The number of nitrogen functional groups attached to an aromatic ring is 1. The Kier molecular flexibility index (Phi) is 7.43. The summed E-state index contributed by atoms with van der Waals surface area (Å²) in [5, 5.41) is 4.88. The second-order valence-corrected chi connectivity index (χ2v) is 13.1. The number of nitrogens with two attached hydrogens (primary N) is 1. The van der Waals surface area contributed by atoms with Gasteiger partial charge in [0, 0.05) is 20.3 Å². The van der Waals surface area contributed by atoms with Crippen LogP contribution in [0.15, 0.2) is 94.6 Å². The average Bonchev–Trinajstić information content (AvgIpc) is 3.32. The fourth-order valence-electron chi connectivity index (χ4n) is 4.60. The Morgan fingerprint density at radius 2 is 1.66 bits per heavy atom. The molecular formula is C29H23BrN4OS3. The van der Waals surface area contributed by atoms with E-state index in [4.69, 9.17) is 10.7 Å². The number of hydrogen-bond donors (Lipinski definition) is 2. The van der Waals surface area contributed by atoms with Crippen LogP contribution in [-0.2, 0) is 11.2 Å². The third-order valence-electron chi connectivity index (χ3n) is 6.35. The Morgan fingerprint density at radius 1 is 0.974 bits per heavy atom. The molecule has 0 spiro atoms. The number of amides is 1. The van der Waals surface area contributed by atoms with Crippen LogP contribution in [0.4, 0.5) is 11.5 Å². The Bertz CT molecular complexity index is 1590. The Hall–Kier alpha value is -2.85. The Balaban J connectivity index is 1.30. The molecule has 1 aliphatic heterocycles. The van der Waals surface area contributed by atoms with E-state index >= 15 is 0 Å². The zero-order valence-corrected chi connectivity index (χ0v) is 24.2. The van der Waals surface area contributed by atoms with E-state index in [2.05, 4.69) is 86.9 Å². The minimum absolute atomic E-state index is 0.115. The van der Waals surface area contributed by atoms with Gasteiger partial charge in [0.15, 0.2) is 5.16 Å². The molecule has 0 bridgehead atoms. The number of fused-ring (bicyclic) bond motifs is 3. The molecule has 0 saturated carbocycles. The molecule has 0 aliphatic carbocycles. The van der Waals surface area contributed by atoms with Crippen LogP contribution in [-0.4, -0.2) is 21.6 Å². The molecule has 0 fully saturated rings. The lowest BCUT2D eigenvalue weighted by Crippen LogP contribution is -2.14. The number of nitrogens with zero attached hydrogens (tertiary/aromatic N) is 2. The van der Waals surface area contributed by atoms with E-state index in [0.29, 0.717) is 16.2 Å². The highest BCUT2D eigenvalue weighted by Crippen LogP contribution is 2.55. The quantitative estimate of drug-likeness (QED) is 0.149. The van der Waals surface area contributed by atoms with Gasteiger partial charge in [0.25, 0.3) is 0 Å². The van der Waals surface area contributed by atoms with Crippen LogP contribution in [0.2, 0.25) is 0 Å². The predicted molar refractivity (Wildman–Crippen MR) is 164 cm³/mol. The van der Waals surface area contributed by atoms with E-state index in [-0.39, 0.29) is 16.9 Å². The van der Waals surface area contributed by atoms with E-state index in [1.807, 2.05) is 36.0 Å². The number of benzene rings is 3. The third-order valence-corrected chi connectivity index (χ3v) is 10.6. The van der Waals surface area contributed by atoms with Crippen molar-refractivity contribution >= 4 is 78.4 Å². The number of thioether (sulfide) groups is 2. The highest BCUT2D eigenvalue weighted by Gasteiger charge is 2.34. The summed E-state index contributed by atoms with van der Waals surface area (Å²) in [4.78, 5) is 24.2. The van der Waals surface area contributed by atoms with Crippen LogP contribution in [0.5, 0.6) is 0 Å². The number of nitrogens with one attached hydrogen (secondary N) is 1. The van der Waals surface area contributed by atoms with Gasteiger partial charge >= 0.3 is 0 Å². The van der Waals surface area contributed by atoms with Crippen molar-refractivity contribution in [1.82, 2.24) is 9.97 Å². The molecule has 3 aromatic carbocycles. The zero-order chi connectivity index (χ0) is 26.1. The van der Waals surface area contributed by atoms with Crippen LogP contribution in [0, 0.1) is 0 Å². The molecule has 3 N–H and O–H groups in total. The van der Waals surface area contributed by atoms with Crippen molar-refractivity contribution in [3.8, 4) is 0 Å². The van der Waals surface area contributed by atoms with Crippen molar-refractivity contribution in [2.24, 2.45) is 0 Å². The van der Waals surface area contributed by atoms with Crippen LogP contribution >= 0.6 is 50.8 Å². The molecular weight excluding hydrogens is 596 g/mol. The lowest BCUT2D eigenvalue weighted by molar-refractivity contribution is -0.113. The van der Waals surface area contributed by atoms with Crippen molar-refractivity contribution < 1.29 is 4.79 Å². The summed E-state index contributed by atoms with van der Waals surface area (Å²) in [5.41, 5.74) is 11.1. The second kappa shape index (κ2) is 11.1. The molecule has 3 heterocycles. The van der Waals surface area contributed by atoms with Gasteiger partial charge in [-0.25, -0.2) is 9.97 Å². The van der Waals surface area contributed by atoms with Gasteiger partial charge in [0.1, 0.15) is 10.6 Å². The van der Waals surface area contributed by atoms with Crippen LogP contribution in [0.1, 0.15) is 32.1 Å². The predicted octanol–water partition coefficient (Wildman–Crippen LogP) is 7.89. The van der Waals surface area contributed by atoms with Crippen molar-refractivity contribution in [2.45, 2.75) is 22.1 Å². The first-order valence-electron chi connectivity index (χ1n) is 12.1. The molecule has 2 aromatic heterocycles. The Labute approximate surface area is 241 Å². The van der Waals surface area contributed by atoms with Gasteiger partial charge in [-0.05, 0) is 47.4 Å². The number of rotatable bonds is 6. The molecule has 1 aliphatic rings. The molecule has 1 amide bonds. The van der Waals surface area contributed by atoms with Gasteiger partial charge < -0.3 is 11.1 Å². The summed E-state index contributed by atoms with van der Waals surface area (Å²) in [6.45, 7) is 0. The highest BCUT2D eigenvalue weighted by molar-refractivity contribution is 9.10. The zero-order valence-electron chi connectivity index (χ0n) is 20.1. The van der Waals surface area contributed by atoms with Gasteiger partial charge in [0.2, 0.25) is 5.91 Å². The first-order chi connectivity index (χ1) is 18.5. The average molecular weight is 620 g/mol. The normalized spacial score (nSPS) is 16.8. The topological polar surface area (TPSA) is 80.9 Å². The molecule has 190 valence electrons. The largest absolute Gasteiger partial charge is 0.383 e. The Morgan fingerprint density at radius 3 is 2.37 bits per heavy atom. The fourth-order valence-corrected chi connectivity index (χ4v) is 8.60. The minimum Gasteiger partial charge on any atom is -0.383 e. The molecule has 2 atom stereocenters. The first-order valence-corrected chi connectivity index (χ1v) is 15.6. The van der Waals surface area contributed by atoms with Gasteiger partial charge in [0.05, 0.1) is 16.4 Å². The number of aromatic nitrogens is 2. The van der Waals surface area contributed by atoms with E-state index in [1.54, 1.807) is 11.3 Å². The summed E-state index contributed by atoms with van der Waals surface area (Å²) < 4.78 is 0.962. The van der Waals surface area contributed by atoms with Gasteiger partial charge in [-0.2, -0.15) is 0 Å². The number of carbonyl (C=O) groups is 1. The molecule has 2 unspecified atom stereocenters. The summed E-state index contributed by atoms with van der Waals surface area (Å²) in [7, 11) is 0. The maximum atomic E-state index is 12.5. The summed E-state index contributed by atoms with van der Waals surface area (Å²) in [5.74, 6) is 0.565. The molecule has 9 heteroatoms. The lowest BCUT2D eigenvalue weighted by Gasteiger charge is -2.30. The first kappa shape index (κ1) is 25.4. The van der Waals surface area contributed by atoms with Crippen molar-refractivity contribution in [3.63, 3.8) is 0 Å². The van der Waals surface area contributed by atoms with Crippen LogP contribution < -0.4 is 11.1 Å². The maximum Gasteiger partial charge on any atom is 0.234 e. The van der Waals surface area contributed by atoms with E-state index in [0.717, 1.165) is 26.8 Å². The highest BCUT2D eigenvalue weighted by atomic mass is 79.9. The van der Waals surface area contributed by atoms with Crippen molar-refractivity contribution in [1.29, 1.82) is 0 Å². The van der Waals surface area contributed by atoms with E-state index < -0.39 is 0 Å². The fraction of sp³-hybridized carbons (Fsp3) is 0.138. The molecule has 38 heavy (non-hydrogen) atoms. The van der Waals surface area contributed by atoms with Gasteiger partial charge in [-0.15, -0.1) is 23.1 Å². The molecule has 0 saturated heterocycles. The number of halogens is 1. The third kappa shape index (κ3) is 5.33. The SMILES string of the molecule is Nc1nc(SCC(=O)Nc2ccc(Br)cc2)nc2sc3c(c12)CC(c1ccccc1)SC3c1ccccc1. The molecule has 5 nitrogen and oxygen atoms in total. The second-order valence-electron chi connectivity index (χ2n) is 8.89. The summed E-state index contributed by atoms with van der Waals surface area (Å²) >= 11 is 8.38. The van der Waals surface area contributed by atoms with Crippen molar-refractivity contribution in [2.75, 3.05) is 16.8 Å². The number of anilines is 2. The van der Waals surface area contributed by atoms with Crippen LogP contribution in [0.3, 0.4) is 0 Å². The smallest absolute Gasteiger partial charge is 0.234 e. The van der Waals surface area contributed by atoms with E-state index in [9.17, 15) is 4.79 Å². The standard InChI is InChI=1S/C29H23BrN4OS3/c30-19-11-13-20(14-12-19)32-23(35)16-36-29-33-27(31)24-21-15-22(17-7-3-1-4-8-17)37-25(18-9-5-2-6-10-18)26(21)38-28(24)34-29/h1-14,22,25H,15-16H2,(H,32,35)(H2,31,33,34). The lowest BCUT2D eigenvalue weighted by atomic mass is 9.98. The van der Waals surface area contributed by atoms with Gasteiger partial charge in [-0.3, -0.25) is 4.79 Å². The summed E-state index contributed by atoms with van der Waals surface area (Å²) in [6, 6.07) is 28.8. The monoisotopic (exact) mass is 618 g/mol. The molecule has 5 aromatic rings. The molecule has 0 radical (unpaired) electrons. The number of hydrogen-bond acceptors (Lipinski definition) is 7. The number of carbonyl (C=O) groups excluding carboxylic acids is 1. The van der Waals surface area contributed by atoms with Crippen molar-refractivity contribution in [3.05, 3.63) is 111 Å². The summed E-state index contributed by atoms with van der Waals surface area (Å²) in [6.07, 6.45) is 0.878. The number of thiophene rings is 1. The van der Waals surface area contributed by atoms with E-state index in [1.165, 1.54) is 33.3 Å². The van der Waals surface area contributed by atoms with Crippen LogP contribution in [0.25, 0.3) is 10.2 Å². The maximum absolute atomic E-state index is 12.5. The minimum atomic E-state index is -0.115.